The van der Waals surface area contributed by atoms with Crippen molar-refractivity contribution in [3.8, 4) is 0 Å². The van der Waals surface area contributed by atoms with Crippen LogP contribution < -0.4 is 15.5 Å². The van der Waals surface area contributed by atoms with E-state index in [2.05, 4.69) is 44.6 Å². The Morgan fingerprint density at radius 3 is 2.41 bits per heavy atom. The van der Waals surface area contributed by atoms with Crippen molar-refractivity contribution in [1.29, 1.82) is 0 Å². The Morgan fingerprint density at radius 1 is 1.11 bits per heavy atom. The van der Waals surface area contributed by atoms with Crippen LogP contribution in [0.5, 0.6) is 0 Å². The molecule has 2 heterocycles. The molecular weight excluding hydrogens is 338 g/mol. The van der Waals surface area contributed by atoms with Crippen LogP contribution in [-0.4, -0.2) is 34.5 Å². The van der Waals surface area contributed by atoms with Gasteiger partial charge in [0.25, 0.3) is 5.91 Å². The monoisotopic (exact) mass is 367 g/mol. The van der Waals surface area contributed by atoms with Gasteiger partial charge in [-0.25, -0.2) is 9.97 Å². The molecule has 0 radical (unpaired) electrons. The molecule has 2 N–H and O–H groups in total. The fourth-order valence-corrected chi connectivity index (χ4v) is 3.12. The van der Waals surface area contributed by atoms with Crippen molar-refractivity contribution in [3.63, 3.8) is 0 Å². The van der Waals surface area contributed by atoms with Crippen molar-refractivity contribution in [2.24, 2.45) is 5.92 Å². The van der Waals surface area contributed by atoms with Gasteiger partial charge in [-0.3, -0.25) is 4.79 Å². The summed E-state index contributed by atoms with van der Waals surface area (Å²) in [5.74, 6) is 1.22. The van der Waals surface area contributed by atoms with E-state index in [-0.39, 0.29) is 11.4 Å². The zero-order chi connectivity index (χ0) is 19.4. The van der Waals surface area contributed by atoms with E-state index < -0.39 is 0 Å². The second-order valence-corrected chi connectivity index (χ2v) is 8.33. The number of benzene rings is 1. The van der Waals surface area contributed by atoms with Gasteiger partial charge in [-0.1, -0.05) is 6.92 Å². The first kappa shape index (κ1) is 19.1. The van der Waals surface area contributed by atoms with E-state index in [1.807, 2.05) is 32.9 Å². The van der Waals surface area contributed by atoms with Gasteiger partial charge in [0.15, 0.2) is 0 Å². The minimum Gasteiger partial charge on any atom is -0.372 e. The molecule has 0 bridgehead atoms. The average Bonchev–Trinajstić information content (AvgIpc) is 2.62. The summed E-state index contributed by atoms with van der Waals surface area (Å²) in [5, 5.41) is 6.16. The summed E-state index contributed by atoms with van der Waals surface area (Å²) in [6.07, 6.45) is 3.91. The molecule has 0 saturated carbocycles. The van der Waals surface area contributed by atoms with Crippen molar-refractivity contribution < 1.29 is 4.79 Å². The predicted molar refractivity (Wildman–Crippen MR) is 110 cm³/mol. The van der Waals surface area contributed by atoms with Crippen molar-refractivity contribution in [1.82, 2.24) is 15.3 Å². The second-order valence-electron chi connectivity index (χ2n) is 8.33. The van der Waals surface area contributed by atoms with Gasteiger partial charge in [-0.2, -0.15) is 0 Å². The molecule has 1 saturated heterocycles. The highest BCUT2D eigenvalue weighted by molar-refractivity contribution is 5.93. The highest BCUT2D eigenvalue weighted by atomic mass is 16.2. The summed E-state index contributed by atoms with van der Waals surface area (Å²) >= 11 is 0. The standard InChI is InChI=1S/C21H29N5O/c1-15-9-11-26(12-10-15)17-7-5-16(6-8-17)24-19-13-18(22-14-23-19)20(27)25-21(2,3)4/h5-8,13-15H,9-12H2,1-4H3,(H,25,27)(H,22,23,24). The van der Waals surface area contributed by atoms with E-state index in [1.165, 1.54) is 24.9 Å². The van der Waals surface area contributed by atoms with E-state index in [9.17, 15) is 4.79 Å². The summed E-state index contributed by atoms with van der Waals surface area (Å²) in [4.78, 5) is 23.0. The van der Waals surface area contributed by atoms with Crippen molar-refractivity contribution in [2.45, 2.75) is 46.1 Å². The van der Waals surface area contributed by atoms with E-state index in [1.54, 1.807) is 6.07 Å². The van der Waals surface area contributed by atoms with Gasteiger partial charge in [0.1, 0.15) is 17.8 Å². The zero-order valence-electron chi connectivity index (χ0n) is 16.6. The summed E-state index contributed by atoms with van der Waals surface area (Å²) in [6.45, 7) is 10.4. The van der Waals surface area contributed by atoms with Crippen molar-refractivity contribution >= 4 is 23.1 Å². The molecule has 2 aromatic rings. The maximum atomic E-state index is 12.3. The molecular formula is C21H29N5O. The molecule has 27 heavy (non-hydrogen) atoms. The van der Waals surface area contributed by atoms with Gasteiger partial charge in [0.2, 0.25) is 0 Å². The normalized spacial score (nSPS) is 15.5. The zero-order valence-corrected chi connectivity index (χ0v) is 16.6. The maximum Gasteiger partial charge on any atom is 0.270 e. The largest absolute Gasteiger partial charge is 0.372 e. The molecule has 6 nitrogen and oxygen atoms in total. The minimum atomic E-state index is -0.308. The first-order chi connectivity index (χ1) is 12.8. The Bertz CT molecular complexity index is 774. The van der Waals surface area contributed by atoms with Crippen molar-refractivity contribution in [3.05, 3.63) is 42.4 Å². The number of anilines is 3. The summed E-state index contributed by atoms with van der Waals surface area (Å²) < 4.78 is 0. The number of aromatic nitrogens is 2. The molecule has 0 atom stereocenters. The Labute approximate surface area is 161 Å². The third kappa shape index (κ3) is 5.42. The van der Waals surface area contributed by atoms with E-state index in [0.29, 0.717) is 11.5 Å². The number of hydrogen-bond donors (Lipinski definition) is 2. The van der Waals surface area contributed by atoms with Crippen LogP contribution in [0, 0.1) is 5.92 Å². The highest BCUT2D eigenvalue weighted by Gasteiger charge is 2.17. The second kappa shape index (κ2) is 7.94. The summed E-state index contributed by atoms with van der Waals surface area (Å²) in [7, 11) is 0. The van der Waals surface area contributed by atoms with Crippen LogP contribution in [0.25, 0.3) is 0 Å². The topological polar surface area (TPSA) is 70.2 Å². The quantitative estimate of drug-likeness (QED) is 0.855. The highest BCUT2D eigenvalue weighted by Crippen LogP contribution is 2.25. The molecule has 3 rings (SSSR count). The fourth-order valence-electron chi connectivity index (χ4n) is 3.12. The number of piperidine rings is 1. The van der Waals surface area contributed by atoms with Crippen LogP contribution >= 0.6 is 0 Å². The van der Waals surface area contributed by atoms with Gasteiger partial charge in [0, 0.05) is 36.1 Å². The van der Waals surface area contributed by atoms with Crippen molar-refractivity contribution in [2.75, 3.05) is 23.3 Å². The van der Waals surface area contributed by atoms with Crippen LogP contribution in [0.4, 0.5) is 17.2 Å². The molecule has 6 heteroatoms. The molecule has 0 aliphatic carbocycles. The van der Waals surface area contributed by atoms with E-state index >= 15 is 0 Å². The molecule has 1 aromatic carbocycles. The smallest absolute Gasteiger partial charge is 0.270 e. The number of nitrogens with one attached hydrogen (secondary N) is 2. The molecule has 1 aliphatic heterocycles. The van der Waals surface area contributed by atoms with Gasteiger partial charge in [0.05, 0.1) is 0 Å². The minimum absolute atomic E-state index is 0.206. The van der Waals surface area contributed by atoms with E-state index in [0.717, 1.165) is 24.7 Å². The lowest BCUT2D eigenvalue weighted by molar-refractivity contribution is 0.0914. The van der Waals surface area contributed by atoms with Gasteiger partial charge >= 0.3 is 0 Å². The van der Waals surface area contributed by atoms with Crippen LogP contribution in [0.2, 0.25) is 0 Å². The van der Waals surface area contributed by atoms with Crippen LogP contribution in [0.1, 0.15) is 51.0 Å². The molecule has 0 spiro atoms. The fraction of sp³-hybridized carbons (Fsp3) is 0.476. The number of hydrogen-bond acceptors (Lipinski definition) is 5. The summed E-state index contributed by atoms with van der Waals surface area (Å²) in [6, 6.07) is 10.0. The first-order valence-electron chi connectivity index (χ1n) is 9.57. The predicted octanol–water partition coefficient (Wildman–Crippen LogP) is 3.98. The molecule has 1 fully saturated rings. The Hall–Kier alpha value is -2.63. The number of nitrogens with zero attached hydrogens (tertiary/aromatic N) is 3. The first-order valence-corrected chi connectivity index (χ1v) is 9.57. The van der Waals surface area contributed by atoms with Gasteiger partial charge < -0.3 is 15.5 Å². The Balaban J connectivity index is 1.65. The summed E-state index contributed by atoms with van der Waals surface area (Å²) in [5.41, 5.74) is 2.23. The number of carbonyl (C=O) groups is 1. The van der Waals surface area contributed by atoms with Crippen LogP contribution in [0.15, 0.2) is 36.7 Å². The molecule has 1 amide bonds. The third-order valence-electron chi connectivity index (χ3n) is 4.68. The number of rotatable bonds is 4. The third-order valence-corrected chi connectivity index (χ3v) is 4.68. The molecule has 1 aromatic heterocycles. The lowest BCUT2D eigenvalue weighted by Gasteiger charge is -2.32. The van der Waals surface area contributed by atoms with Gasteiger partial charge in [-0.15, -0.1) is 0 Å². The molecule has 0 unspecified atom stereocenters. The lowest BCUT2D eigenvalue weighted by atomic mass is 9.99. The maximum absolute atomic E-state index is 12.3. The molecule has 1 aliphatic rings. The Kier molecular flexibility index (Phi) is 5.63. The Morgan fingerprint density at radius 2 is 1.78 bits per heavy atom. The lowest BCUT2D eigenvalue weighted by Crippen LogP contribution is -2.40. The number of amides is 1. The molecule has 144 valence electrons. The van der Waals surface area contributed by atoms with Gasteiger partial charge in [-0.05, 0) is 63.8 Å². The van der Waals surface area contributed by atoms with Crippen LogP contribution in [0.3, 0.4) is 0 Å². The van der Waals surface area contributed by atoms with E-state index in [4.69, 9.17) is 0 Å². The SMILES string of the molecule is CC1CCN(c2ccc(Nc3cc(C(=O)NC(C)(C)C)ncn3)cc2)CC1. The number of carbonyl (C=O) groups excluding carboxylic acids is 1. The average molecular weight is 367 g/mol. The van der Waals surface area contributed by atoms with Crippen LogP contribution in [-0.2, 0) is 0 Å².